The lowest BCUT2D eigenvalue weighted by Crippen LogP contribution is -2.33. The van der Waals surface area contributed by atoms with Gasteiger partial charge >= 0.3 is 5.97 Å². The van der Waals surface area contributed by atoms with E-state index in [0.717, 1.165) is 30.8 Å². The van der Waals surface area contributed by atoms with Crippen LogP contribution in [0, 0.1) is 12.8 Å². The van der Waals surface area contributed by atoms with E-state index >= 15 is 0 Å². The number of rotatable bonds is 7. The number of hydrogen-bond acceptors (Lipinski definition) is 6. The van der Waals surface area contributed by atoms with Gasteiger partial charge in [-0.25, -0.2) is 4.79 Å². The zero-order valence-electron chi connectivity index (χ0n) is 18.1. The Bertz CT molecular complexity index is 1040. The minimum atomic E-state index is -0.466. The lowest BCUT2D eigenvalue weighted by Gasteiger charge is -2.31. The maximum Gasteiger partial charge on any atom is 0.342 e. The Balaban J connectivity index is 1.52. The molecule has 0 saturated carbocycles. The molecule has 4 rings (SSSR count). The molecule has 1 atom stereocenters. The number of carbonyl (C=O) groups excluding carboxylic acids is 1. The van der Waals surface area contributed by atoms with Crippen LogP contribution < -0.4 is 4.74 Å². The van der Waals surface area contributed by atoms with E-state index in [2.05, 4.69) is 11.8 Å². The molecule has 1 aliphatic heterocycles. The second kappa shape index (κ2) is 9.43. The lowest BCUT2D eigenvalue weighted by atomic mass is 9.98. The van der Waals surface area contributed by atoms with Crippen molar-refractivity contribution < 1.29 is 23.8 Å². The summed E-state index contributed by atoms with van der Waals surface area (Å²) in [5.41, 5.74) is 1.68. The van der Waals surface area contributed by atoms with Crippen molar-refractivity contribution in [1.82, 2.24) is 4.90 Å². The Morgan fingerprint density at radius 3 is 2.77 bits per heavy atom. The summed E-state index contributed by atoms with van der Waals surface area (Å²) in [5.74, 6) is 1.55. The minimum Gasteiger partial charge on any atom is -0.508 e. The van der Waals surface area contributed by atoms with E-state index in [9.17, 15) is 9.90 Å². The highest BCUT2D eigenvalue weighted by atomic mass is 16.6. The van der Waals surface area contributed by atoms with Gasteiger partial charge < -0.3 is 19.0 Å². The van der Waals surface area contributed by atoms with Crippen LogP contribution in [0.1, 0.15) is 41.4 Å². The summed E-state index contributed by atoms with van der Waals surface area (Å²) in [4.78, 5) is 15.3. The van der Waals surface area contributed by atoms with Gasteiger partial charge in [-0.3, -0.25) is 4.90 Å². The molecule has 0 radical (unpaired) electrons. The Morgan fingerprint density at radius 1 is 1.19 bits per heavy atom. The fourth-order valence-electron chi connectivity index (χ4n) is 4.31. The first-order valence-corrected chi connectivity index (χ1v) is 10.8. The number of fused-ring (bicyclic) bond motifs is 1. The van der Waals surface area contributed by atoms with Crippen LogP contribution >= 0.6 is 0 Å². The third kappa shape index (κ3) is 4.85. The van der Waals surface area contributed by atoms with Crippen LogP contribution in [-0.4, -0.2) is 42.3 Å². The van der Waals surface area contributed by atoms with Crippen LogP contribution in [0.15, 0.2) is 46.9 Å². The van der Waals surface area contributed by atoms with E-state index in [4.69, 9.17) is 13.9 Å². The number of nitrogens with zero attached hydrogens (tertiary/aromatic N) is 1. The molecule has 0 unspecified atom stereocenters. The lowest BCUT2D eigenvalue weighted by molar-refractivity contribution is 0.0450. The third-order valence-corrected chi connectivity index (χ3v) is 5.77. The van der Waals surface area contributed by atoms with Crippen molar-refractivity contribution in [3.05, 3.63) is 59.4 Å². The highest BCUT2D eigenvalue weighted by molar-refractivity contribution is 6.06. The van der Waals surface area contributed by atoms with E-state index in [1.54, 1.807) is 19.1 Å². The molecule has 31 heavy (non-hydrogen) atoms. The number of carbonyl (C=O) groups is 1. The van der Waals surface area contributed by atoms with Crippen LogP contribution in [0.25, 0.3) is 11.0 Å². The van der Waals surface area contributed by atoms with Crippen molar-refractivity contribution in [2.24, 2.45) is 5.92 Å². The first-order chi connectivity index (χ1) is 15.0. The maximum atomic E-state index is 12.9. The monoisotopic (exact) mass is 423 g/mol. The van der Waals surface area contributed by atoms with E-state index in [0.29, 0.717) is 34.8 Å². The number of para-hydroxylation sites is 1. The summed E-state index contributed by atoms with van der Waals surface area (Å²) < 4.78 is 16.9. The van der Waals surface area contributed by atoms with Gasteiger partial charge in [-0.1, -0.05) is 25.1 Å². The quantitative estimate of drug-likeness (QED) is 0.430. The molecule has 1 aromatic heterocycles. The van der Waals surface area contributed by atoms with Crippen LogP contribution in [0.5, 0.6) is 11.5 Å². The average molecular weight is 424 g/mol. The van der Waals surface area contributed by atoms with E-state index in [1.807, 2.05) is 30.3 Å². The van der Waals surface area contributed by atoms with E-state index in [-0.39, 0.29) is 19.0 Å². The van der Waals surface area contributed by atoms with Crippen molar-refractivity contribution in [3.8, 4) is 11.5 Å². The second-order valence-electron chi connectivity index (χ2n) is 8.25. The van der Waals surface area contributed by atoms with Gasteiger partial charge in [-0.15, -0.1) is 0 Å². The number of likely N-dealkylation sites (tertiary alicyclic amines) is 1. The van der Waals surface area contributed by atoms with Crippen LogP contribution in [0.3, 0.4) is 0 Å². The minimum absolute atomic E-state index is 0.123. The predicted octanol–water partition coefficient (Wildman–Crippen LogP) is 4.91. The topological polar surface area (TPSA) is 72.1 Å². The van der Waals surface area contributed by atoms with Crippen LogP contribution in [0.2, 0.25) is 0 Å². The Hall–Kier alpha value is -2.99. The van der Waals surface area contributed by atoms with Gasteiger partial charge in [0.25, 0.3) is 0 Å². The number of esters is 1. The number of benzene rings is 2. The molecule has 2 heterocycles. The van der Waals surface area contributed by atoms with Gasteiger partial charge in [0.15, 0.2) is 0 Å². The van der Waals surface area contributed by atoms with Crippen molar-refractivity contribution >= 4 is 16.9 Å². The summed E-state index contributed by atoms with van der Waals surface area (Å²) in [6.45, 7) is 6.91. The molecule has 3 aromatic rings. The molecule has 6 heteroatoms. The molecule has 2 aromatic carbocycles. The highest BCUT2D eigenvalue weighted by Gasteiger charge is 2.26. The van der Waals surface area contributed by atoms with Crippen LogP contribution in [0.4, 0.5) is 0 Å². The Morgan fingerprint density at radius 2 is 2.00 bits per heavy atom. The largest absolute Gasteiger partial charge is 0.508 e. The maximum absolute atomic E-state index is 12.9. The molecule has 1 aliphatic rings. The third-order valence-electron chi connectivity index (χ3n) is 5.77. The average Bonchev–Trinajstić information content (AvgIpc) is 3.10. The predicted molar refractivity (Wildman–Crippen MR) is 119 cm³/mol. The van der Waals surface area contributed by atoms with Gasteiger partial charge in [0.1, 0.15) is 41.6 Å². The molecule has 0 spiro atoms. The van der Waals surface area contributed by atoms with Crippen LogP contribution in [-0.2, 0) is 11.3 Å². The van der Waals surface area contributed by atoms with Gasteiger partial charge in [0.05, 0.1) is 0 Å². The first kappa shape index (κ1) is 21.2. The molecule has 0 amide bonds. The van der Waals surface area contributed by atoms with Crippen molar-refractivity contribution in [1.29, 1.82) is 0 Å². The zero-order valence-corrected chi connectivity index (χ0v) is 18.1. The summed E-state index contributed by atoms with van der Waals surface area (Å²) >= 11 is 0. The number of aromatic hydroxyl groups is 1. The SMILES string of the molecule is Cc1oc2ccc(O)c(CN3CCC[C@H](C)C3)c2c1C(=O)OCCOc1ccccc1. The summed E-state index contributed by atoms with van der Waals surface area (Å²) in [7, 11) is 0. The number of furan rings is 1. The molecular weight excluding hydrogens is 394 g/mol. The summed E-state index contributed by atoms with van der Waals surface area (Å²) in [6, 6.07) is 12.7. The Labute approximate surface area is 182 Å². The molecule has 164 valence electrons. The van der Waals surface area contributed by atoms with Crippen molar-refractivity contribution in [2.45, 2.75) is 33.2 Å². The molecule has 6 nitrogen and oxygen atoms in total. The summed E-state index contributed by atoms with van der Waals surface area (Å²) in [6.07, 6.45) is 2.36. The molecular formula is C25H29NO5. The fraction of sp³-hybridized carbons (Fsp3) is 0.400. The normalized spacial score (nSPS) is 17.0. The first-order valence-electron chi connectivity index (χ1n) is 10.8. The fourth-order valence-corrected chi connectivity index (χ4v) is 4.31. The Kier molecular flexibility index (Phi) is 6.47. The highest BCUT2D eigenvalue weighted by Crippen LogP contribution is 2.35. The summed E-state index contributed by atoms with van der Waals surface area (Å²) in [5, 5.41) is 11.3. The number of hydrogen-bond donors (Lipinski definition) is 1. The van der Waals surface area contributed by atoms with E-state index in [1.165, 1.54) is 6.42 Å². The van der Waals surface area contributed by atoms with Gasteiger partial charge in [0.2, 0.25) is 0 Å². The molecule has 0 bridgehead atoms. The standard InChI is InChI=1S/C25H29NO5/c1-17-7-6-12-26(15-17)16-20-21(27)10-11-22-24(20)23(18(2)31-22)25(28)30-14-13-29-19-8-4-3-5-9-19/h3-5,8-11,17,27H,6-7,12-16H2,1-2H3/t17-/m0/s1. The zero-order chi connectivity index (χ0) is 21.8. The number of ether oxygens (including phenoxy) is 2. The number of aryl methyl sites for hydroxylation is 1. The second-order valence-corrected chi connectivity index (χ2v) is 8.25. The van der Waals surface area contributed by atoms with Gasteiger partial charge in [-0.2, -0.15) is 0 Å². The number of phenols is 1. The van der Waals surface area contributed by atoms with E-state index < -0.39 is 5.97 Å². The molecule has 1 saturated heterocycles. The van der Waals surface area contributed by atoms with Gasteiger partial charge in [0, 0.05) is 24.0 Å². The molecule has 0 aliphatic carbocycles. The van der Waals surface area contributed by atoms with Gasteiger partial charge in [-0.05, 0) is 56.5 Å². The smallest absolute Gasteiger partial charge is 0.342 e. The van der Waals surface area contributed by atoms with Crippen molar-refractivity contribution in [2.75, 3.05) is 26.3 Å². The number of phenolic OH excluding ortho intramolecular Hbond substituents is 1. The number of piperidine rings is 1. The molecule has 1 N–H and O–H groups in total. The van der Waals surface area contributed by atoms with Crippen molar-refractivity contribution in [3.63, 3.8) is 0 Å². The molecule has 1 fully saturated rings.